The van der Waals surface area contributed by atoms with Crippen molar-refractivity contribution >= 4 is 29.1 Å². The first-order valence-corrected chi connectivity index (χ1v) is 8.54. The second-order valence-corrected chi connectivity index (χ2v) is 6.70. The van der Waals surface area contributed by atoms with Gasteiger partial charge in [-0.1, -0.05) is 0 Å². The number of carbonyl (C=O) groups is 1. The monoisotopic (exact) mass is 322 g/mol. The van der Waals surface area contributed by atoms with Gasteiger partial charge >= 0.3 is 5.97 Å². The highest BCUT2D eigenvalue weighted by molar-refractivity contribution is 7.99. The lowest BCUT2D eigenvalue weighted by Gasteiger charge is -2.10. The van der Waals surface area contributed by atoms with Gasteiger partial charge in [0.05, 0.1) is 16.9 Å². The highest BCUT2D eigenvalue weighted by Crippen LogP contribution is 2.26. The Balaban J connectivity index is 1.95. The highest BCUT2D eigenvalue weighted by atomic mass is 32.2. The average molecular weight is 322 g/mol. The molecule has 0 aliphatic heterocycles. The molecule has 0 aliphatic carbocycles. The molecule has 0 N–H and O–H groups in total. The van der Waals surface area contributed by atoms with Crippen molar-refractivity contribution in [2.45, 2.75) is 38.7 Å². The minimum Gasteiger partial charge on any atom is -0.459 e. The smallest absolute Gasteiger partial charge is 0.303 e. The molecule has 0 aromatic carbocycles. The van der Waals surface area contributed by atoms with E-state index in [2.05, 4.69) is 9.97 Å². The van der Waals surface area contributed by atoms with E-state index in [4.69, 9.17) is 4.74 Å². The van der Waals surface area contributed by atoms with Gasteiger partial charge in [0, 0.05) is 28.6 Å². The first-order chi connectivity index (χ1) is 10.1. The summed E-state index contributed by atoms with van der Waals surface area (Å²) >= 11 is 3.51. The van der Waals surface area contributed by atoms with E-state index in [0.29, 0.717) is 0 Å². The molecule has 0 amide bonds. The van der Waals surface area contributed by atoms with E-state index in [1.807, 2.05) is 25.4 Å². The van der Waals surface area contributed by atoms with E-state index in [1.54, 1.807) is 29.3 Å². The molecule has 21 heavy (non-hydrogen) atoms. The Labute approximate surface area is 133 Å². The topological polar surface area (TPSA) is 52.1 Å². The van der Waals surface area contributed by atoms with E-state index in [-0.39, 0.29) is 12.6 Å². The maximum atomic E-state index is 10.9. The number of esters is 1. The summed E-state index contributed by atoms with van der Waals surface area (Å²) in [6, 6.07) is 2.01. The first kappa shape index (κ1) is 16.0. The van der Waals surface area contributed by atoms with Crippen LogP contribution in [0.15, 0.2) is 22.7 Å². The Kier molecular flexibility index (Phi) is 5.76. The maximum Gasteiger partial charge on any atom is 0.303 e. The Morgan fingerprint density at radius 1 is 1.38 bits per heavy atom. The largest absolute Gasteiger partial charge is 0.459 e. The van der Waals surface area contributed by atoms with Crippen LogP contribution in [0.5, 0.6) is 0 Å². The molecule has 0 bridgehead atoms. The maximum absolute atomic E-state index is 10.9. The lowest BCUT2D eigenvalue weighted by molar-refractivity contribution is -0.142. The van der Waals surface area contributed by atoms with Gasteiger partial charge in [-0.15, -0.1) is 23.1 Å². The molecule has 6 heteroatoms. The fraction of sp³-hybridized carbons (Fsp3) is 0.400. The van der Waals surface area contributed by atoms with E-state index in [1.165, 1.54) is 16.7 Å². The van der Waals surface area contributed by atoms with Gasteiger partial charge < -0.3 is 4.74 Å². The van der Waals surface area contributed by atoms with Gasteiger partial charge in [-0.2, -0.15) is 0 Å². The third-order valence-corrected chi connectivity index (χ3v) is 5.26. The molecule has 112 valence electrons. The highest BCUT2D eigenvalue weighted by Gasteiger charge is 2.08. The summed E-state index contributed by atoms with van der Waals surface area (Å²) in [6.45, 7) is 5.71. The predicted octanol–water partition coefficient (Wildman–Crippen LogP) is 3.55. The van der Waals surface area contributed by atoms with Gasteiger partial charge in [0.15, 0.2) is 0 Å². The Morgan fingerprint density at radius 3 is 2.86 bits per heavy atom. The lowest BCUT2D eigenvalue weighted by atomic mass is 10.2. The number of carbonyl (C=O) groups excluding carboxylic acids is 1. The summed E-state index contributed by atoms with van der Waals surface area (Å²) in [7, 11) is 0. The van der Waals surface area contributed by atoms with Crippen molar-refractivity contribution in [1.29, 1.82) is 0 Å². The zero-order valence-electron chi connectivity index (χ0n) is 12.4. The standard InChI is InChI=1S/C15H18N2O2S2/c1-10-13(8-19-12(3)18)16-6-4-14(10)20-7-5-15-11(2)17-9-21-15/h4,6,9H,5,7-8H2,1-3H3. The van der Waals surface area contributed by atoms with E-state index < -0.39 is 0 Å². The summed E-state index contributed by atoms with van der Waals surface area (Å²) in [4.78, 5) is 22.0. The normalized spacial score (nSPS) is 10.6. The van der Waals surface area contributed by atoms with Gasteiger partial charge in [-0.05, 0) is 31.9 Å². The van der Waals surface area contributed by atoms with Crippen LogP contribution in [-0.2, 0) is 22.6 Å². The zero-order chi connectivity index (χ0) is 15.2. The SMILES string of the molecule is CC(=O)OCc1nccc(SCCc2scnc2C)c1C. The minimum atomic E-state index is -0.282. The average Bonchev–Trinajstić information content (AvgIpc) is 2.85. The molecule has 0 fully saturated rings. The van der Waals surface area contributed by atoms with Crippen LogP contribution in [0.1, 0.15) is 28.8 Å². The quantitative estimate of drug-likeness (QED) is 0.601. The molecule has 0 aliphatic rings. The van der Waals surface area contributed by atoms with Crippen LogP contribution in [0, 0.1) is 13.8 Å². The Bertz CT molecular complexity index is 626. The van der Waals surface area contributed by atoms with Crippen molar-refractivity contribution in [2.24, 2.45) is 0 Å². The van der Waals surface area contributed by atoms with E-state index in [0.717, 1.165) is 29.1 Å². The van der Waals surface area contributed by atoms with Gasteiger partial charge in [-0.25, -0.2) is 4.98 Å². The number of nitrogens with zero attached hydrogens (tertiary/aromatic N) is 2. The summed E-state index contributed by atoms with van der Waals surface area (Å²) in [5, 5.41) is 0. The van der Waals surface area contributed by atoms with Gasteiger partial charge in [0.25, 0.3) is 0 Å². The van der Waals surface area contributed by atoms with Crippen molar-refractivity contribution in [3.8, 4) is 0 Å². The fourth-order valence-electron chi connectivity index (χ4n) is 1.85. The second-order valence-electron chi connectivity index (χ2n) is 4.62. The molecule has 2 aromatic rings. The third-order valence-electron chi connectivity index (χ3n) is 3.10. The summed E-state index contributed by atoms with van der Waals surface area (Å²) in [5.74, 6) is 0.718. The molecule has 0 saturated carbocycles. The van der Waals surface area contributed by atoms with Crippen LogP contribution < -0.4 is 0 Å². The number of thiazole rings is 1. The molecule has 0 saturated heterocycles. The number of thioether (sulfide) groups is 1. The number of aryl methyl sites for hydroxylation is 2. The molecule has 4 nitrogen and oxygen atoms in total. The predicted molar refractivity (Wildman–Crippen MR) is 85.7 cm³/mol. The van der Waals surface area contributed by atoms with Crippen LogP contribution >= 0.6 is 23.1 Å². The molecule has 2 rings (SSSR count). The first-order valence-electron chi connectivity index (χ1n) is 6.67. The number of hydrogen-bond acceptors (Lipinski definition) is 6. The van der Waals surface area contributed by atoms with Crippen LogP contribution in [0.3, 0.4) is 0 Å². The van der Waals surface area contributed by atoms with E-state index in [9.17, 15) is 4.79 Å². The summed E-state index contributed by atoms with van der Waals surface area (Å²) in [6.07, 6.45) is 2.79. The molecular weight excluding hydrogens is 304 g/mol. The van der Waals surface area contributed by atoms with Crippen molar-refractivity contribution < 1.29 is 9.53 Å². The Hall–Kier alpha value is -1.40. The fourth-order valence-corrected chi connectivity index (χ4v) is 3.78. The lowest BCUT2D eigenvalue weighted by Crippen LogP contribution is -2.03. The zero-order valence-corrected chi connectivity index (χ0v) is 14.0. The molecule has 0 radical (unpaired) electrons. The van der Waals surface area contributed by atoms with Crippen LogP contribution in [-0.4, -0.2) is 21.7 Å². The van der Waals surface area contributed by atoms with Gasteiger partial charge in [0.2, 0.25) is 0 Å². The third kappa shape index (κ3) is 4.54. The number of hydrogen-bond donors (Lipinski definition) is 0. The molecule has 0 spiro atoms. The summed E-state index contributed by atoms with van der Waals surface area (Å²) < 4.78 is 5.03. The van der Waals surface area contributed by atoms with Crippen LogP contribution in [0.4, 0.5) is 0 Å². The summed E-state index contributed by atoms with van der Waals surface area (Å²) in [5.41, 5.74) is 4.93. The second kappa shape index (κ2) is 7.56. The molecule has 2 aromatic heterocycles. The van der Waals surface area contributed by atoms with Crippen LogP contribution in [0.25, 0.3) is 0 Å². The van der Waals surface area contributed by atoms with Crippen LogP contribution in [0.2, 0.25) is 0 Å². The van der Waals surface area contributed by atoms with Crippen molar-refractivity contribution in [3.63, 3.8) is 0 Å². The minimum absolute atomic E-state index is 0.240. The van der Waals surface area contributed by atoms with Gasteiger partial charge in [-0.3, -0.25) is 9.78 Å². The van der Waals surface area contributed by atoms with Crippen molar-refractivity contribution in [2.75, 3.05) is 5.75 Å². The Morgan fingerprint density at radius 2 is 2.19 bits per heavy atom. The molecule has 0 atom stereocenters. The van der Waals surface area contributed by atoms with Crippen molar-refractivity contribution in [3.05, 3.63) is 39.6 Å². The number of pyridine rings is 1. The van der Waals surface area contributed by atoms with E-state index >= 15 is 0 Å². The molecular formula is C15H18N2O2S2. The molecule has 2 heterocycles. The van der Waals surface area contributed by atoms with Gasteiger partial charge in [0.1, 0.15) is 6.61 Å². The number of aromatic nitrogens is 2. The number of ether oxygens (including phenoxy) is 1. The molecule has 0 unspecified atom stereocenters. The number of rotatable bonds is 6. The van der Waals surface area contributed by atoms with Crippen molar-refractivity contribution in [1.82, 2.24) is 9.97 Å².